The van der Waals surface area contributed by atoms with Crippen LogP contribution < -0.4 is 9.47 Å². The number of methoxy groups -OCH3 is 1. The zero-order chi connectivity index (χ0) is 14.1. The number of benzene rings is 1. The van der Waals surface area contributed by atoms with Crippen LogP contribution in [0, 0.1) is 0 Å². The fourth-order valence-corrected chi connectivity index (χ4v) is 1.44. The lowest BCUT2D eigenvalue weighted by Gasteiger charge is -2.11. The van der Waals surface area contributed by atoms with Gasteiger partial charge in [-0.3, -0.25) is 0 Å². The van der Waals surface area contributed by atoms with Crippen LogP contribution in [0.2, 0.25) is 0 Å². The number of rotatable bonds is 8. The van der Waals surface area contributed by atoms with E-state index < -0.39 is 5.97 Å². The molecule has 0 aliphatic rings. The summed E-state index contributed by atoms with van der Waals surface area (Å²) in [5, 5.41) is 9.02. The van der Waals surface area contributed by atoms with Crippen LogP contribution >= 0.6 is 0 Å². The minimum atomic E-state index is -0.401. The van der Waals surface area contributed by atoms with E-state index in [-0.39, 0.29) is 13.2 Å². The molecule has 0 aliphatic heterocycles. The lowest BCUT2D eigenvalue weighted by atomic mass is 10.2. The Morgan fingerprint density at radius 3 is 2.74 bits per heavy atom. The molecule has 0 heterocycles. The number of aliphatic hydroxyl groups is 1. The fourth-order valence-electron chi connectivity index (χ4n) is 1.44. The molecular formula is C14H20O5. The smallest absolute Gasteiger partial charge is 0.344 e. The second-order valence-electron chi connectivity index (χ2n) is 4.01. The number of hydrogen-bond acceptors (Lipinski definition) is 5. The van der Waals surface area contributed by atoms with E-state index in [0.717, 1.165) is 18.4 Å². The third kappa shape index (κ3) is 5.18. The standard InChI is InChI=1S/C14H20O5/c1-3-4-7-18-14(16)10-19-12-6-5-11(9-15)8-13(12)17-2/h5-6,8,15H,3-4,7,9-10H2,1-2H3. The van der Waals surface area contributed by atoms with Crippen LogP contribution in [-0.4, -0.2) is 31.4 Å². The average Bonchev–Trinajstić information content (AvgIpc) is 2.45. The van der Waals surface area contributed by atoms with E-state index in [1.807, 2.05) is 6.92 Å². The minimum Gasteiger partial charge on any atom is -0.493 e. The van der Waals surface area contributed by atoms with Gasteiger partial charge in [-0.05, 0) is 24.1 Å². The normalized spacial score (nSPS) is 10.1. The molecule has 106 valence electrons. The summed E-state index contributed by atoms with van der Waals surface area (Å²) in [5.41, 5.74) is 0.717. The molecule has 1 rings (SSSR count). The zero-order valence-electron chi connectivity index (χ0n) is 11.3. The van der Waals surface area contributed by atoms with Gasteiger partial charge in [0.2, 0.25) is 0 Å². The highest BCUT2D eigenvalue weighted by atomic mass is 16.6. The van der Waals surface area contributed by atoms with E-state index >= 15 is 0 Å². The summed E-state index contributed by atoms with van der Waals surface area (Å²) in [6.07, 6.45) is 1.82. The predicted octanol–water partition coefficient (Wildman–Crippen LogP) is 1.91. The Bertz CT molecular complexity index is 403. The molecule has 0 radical (unpaired) electrons. The van der Waals surface area contributed by atoms with Crippen molar-refractivity contribution in [2.45, 2.75) is 26.4 Å². The van der Waals surface area contributed by atoms with Gasteiger partial charge in [-0.1, -0.05) is 19.4 Å². The molecule has 19 heavy (non-hydrogen) atoms. The largest absolute Gasteiger partial charge is 0.493 e. The maximum absolute atomic E-state index is 11.4. The summed E-state index contributed by atoms with van der Waals surface area (Å²) in [7, 11) is 1.50. The molecule has 0 saturated carbocycles. The third-order valence-corrected chi connectivity index (χ3v) is 2.52. The van der Waals surface area contributed by atoms with Crippen molar-refractivity contribution in [1.29, 1.82) is 0 Å². The van der Waals surface area contributed by atoms with Gasteiger partial charge in [-0.15, -0.1) is 0 Å². The van der Waals surface area contributed by atoms with Crippen molar-refractivity contribution < 1.29 is 24.1 Å². The molecule has 0 aromatic heterocycles. The Kier molecular flexibility index (Phi) is 6.74. The molecule has 0 atom stereocenters. The molecule has 5 nitrogen and oxygen atoms in total. The van der Waals surface area contributed by atoms with Crippen LogP contribution in [0.3, 0.4) is 0 Å². The first-order valence-electron chi connectivity index (χ1n) is 6.27. The highest BCUT2D eigenvalue weighted by molar-refractivity contribution is 5.71. The molecule has 0 spiro atoms. The first-order chi connectivity index (χ1) is 9.21. The van der Waals surface area contributed by atoms with Gasteiger partial charge in [0.05, 0.1) is 20.3 Å². The van der Waals surface area contributed by atoms with Crippen molar-refractivity contribution in [3.8, 4) is 11.5 Å². The average molecular weight is 268 g/mol. The Labute approximate surface area is 113 Å². The van der Waals surface area contributed by atoms with Gasteiger partial charge in [0.1, 0.15) is 0 Å². The Balaban J connectivity index is 2.50. The molecule has 0 bridgehead atoms. The highest BCUT2D eigenvalue weighted by Gasteiger charge is 2.09. The number of ether oxygens (including phenoxy) is 3. The summed E-state index contributed by atoms with van der Waals surface area (Å²) >= 11 is 0. The van der Waals surface area contributed by atoms with Gasteiger partial charge in [0.25, 0.3) is 0 Å². The maximum Gasteiger partial charge on any atom is 0.344 e. The molecule has 0 amide bonds. The van der Waals surface area contributed by atoms with E-state index in [0.29, 0.717) is 18.1 Å². The predicted molar refractivity (Wildman–Crippen MR) is 70.3 cm³/mol. The van der Waals surface area contributed by atoms with Gasteiger partial charge in [-0.2, -0.15) is 0 Å². The molecule has 1 N–H and O–H groups in total. The number of hydrogen-bond donors (Lipinski definition) is 1. The zero-order valence-corrected chi connectivity index (χ0v) is 11.3. The lowest BCUT2D eigenvalue weighted by Crippen LogP contribution is -2.15. The van der Waals surface area contributed by atoms with Crippen LogP contribution in [-0.2, 0) is 16.1 Å². The Hall–Kier alpha value is -1.75. The van der Waals surface area contributed by atoms with Gasteiger partial charge < -0.3 is 19.3 Å². The molecule has 0 unspecified atom stereocenters. The van der Waals surface area contributed by atoms with Crippen LogP contribution in [0.4, 0.5) is 0 Å². The summed E-state index contributed by atoms with van der Waals surface area (Å²) in [6, 6.07) is 5.03. The monoisotopic (exact) mass is 268 g/mol. The van der Waals surface area contributed by atoms with Crippen molar-refractivity contribution in [1.82, 2.24) is 0 Å². The molecule has 1 aromatic rings. The van der Waals surface area contributed by atoms with Crippen LogP contribution in [0.25, 0.3) is 0 Å². The van der Waals surface area contributed by atoms with Crippen LogP contribution in [0.15, 0.2) is 18.2 Å². The summed E-state index contributed by atoms with van der Waals surface area (Å²) in [6.45, 7) is 2.21. The lowest BCUT2D eigenvalue weighted by molar-refractivity contribution is -0.146. The van der Waals surface area contributed by atoms with E-state index in [4.69, 9.17) is 19.3 Å². The third-order valence-electron chi connectivity index (χ3n) is 2.52. The van der Waals surface area contributed by atoms with Crippen molar-refractivity contribution >= 4 is 5.97 Å². The molecule has 0 aliphatic carbocycles. The van der Waals surface area contributed by atoms with Gasteiger partial charge >= 0.3 is 5.97 Å². The maximum atomic E-state index is 11.4. The van der Waals surface area contributed by atoms with Crippen molar-refractivity contribution in [2.75, 3.05) is 20.3 Å². The van der Waals surface area contributed by atoms with Crippen LogP contribution in [0.5, 0.6) is 11.5 Å². The number of carbonyl (C=O) groups excluding carboxylic acids is 1. The number of aliphatic hydroxyl groups excluding tert-OH is 1. The number of esters is 1. The van der Waals surface area contributed by atoms with Gasteiger partial charge in [-0.25, -0.2) is 4.79 Å². The summed E-state index contributed by atoms with van der Waals surface area (Å²) in [4.78, 5) is 11.4. The molecular weight excluding hydrogens is 248 g/mol. The summed E-state index contributed by atoms with van der Waals surface area (Å²) < 4.78 is 15.4. The first-order valence-corrected chi connectivity index (χ1v) is 6.27. The molecule has 1 aromatic carbocycles. The van der Waals surface area contributed by atoms with E-state index in [2.05, 4.69) is 0 Å². The van der Waals surface area contributed by atoms with Crippen LogP contribution in [0.1, 0.15) is 25.3 Å². The fraction of sp³-hybridized carbons (Fsp3) is 0.500. The van der Waals surface area contributed by atoms with E-state index in [1.165, 1.54) is 7.11 Å². The first kappa shape index (κ1) is 15.3. The van der Waals surface area contributed by atoms with Crippen molar-refractivity contribution in [2.24, 2.45) is 0 Å². The van der Waals surface area contributed by atoms with E-state index in [9.17, 15) is 4.79 Å². The van der Waals surface area contributed by atoms with Crippen molar-refractivity contribution in [3.05, 3.63) is 23.8 Å². The molecule has 0 fully saturated rings. The Morgan fingerprint density at radius 2 is 2.11 bits per heavy atom. The highest BCUT2D eigenvalue weighted by Crippen LogP contribution is 2.28. The molecule has 0 saturated heterocycles. The minimum absolute atomic E-state index is 0.0737. The van der Waals surface area contributed by atoms with Crippen molar-refractivity contribution in [3.63, 3.8) is 0 Å². The second-order valence-corrected chi connectivity index (χ2v) is 4.01. The molecule has 5 heteroatoms. The second kappa shape index (κ2) is 8.37. The summed E-state index contributed by atoms with van der Waals surface area (Å²) in [5.74, 6) is 0.529. The SMILES string of the molecule is CCCCOC(=O)COc1ccc(CO)cc1OC. The van der Waals surface area contributed by atoms with E-state index in [1.54, 1.807) is 18.2 Å². The topological polar surface area (TPSA) is 65.0 Å². The quantitative estimate of drug-likeness (QED) is 0.576. The number of carbonyl (C=O) groups is 1. The number of unbranched alkanes of at least 4 members (excludes halogenated alkanes) is 1. The van der Waals surface area contributed by atoms with Gasteiger partial charge in [0, 0.05) is 0 Å². The Morgan fingerprint density at radius 1 is 1.32 bits per heavy atom. The van der Waals surface area contributed by atoms with Gasteiger partial charge in [0.15, 0.2) is 18.1 Å².